The smallest absolute Gasteiger partial charge is 0.163 e. The highest BCUT2D eigenvalue weighted by Gasteiger charge is 2.36. The first-order valence-corrected chi connectivity index (χ1v) is 11.3. The number of benzene rings is 3. The molecule has 168 valence electrons. The Kier molecular flexibility index (Phi) is 5.73. The van der Waals surface area contributed by atoms with E-state index in [4.69, 9.17) is 21.1 Å². The molecule has 0 unspecified atom stereocenters. The summed E-state index contributed by atoms with van der Waals surface area (Å²) in [6, 6.07) is 21.3. The lowest BCUT2D eigenvalue weighted by atomic mass is 9.78. The van der Waals surface area contributed by atoms with Gasteiger partial charge in [-0.3, -0.25) is 4.79 Å². The number of para-hydroxylation sites is 2. The second kappa shape index (κ2) is 8.83. The van der Waals surface area contributed by atoms with E-state index in [0.29, 0.717) is 29.4 Å². The van der Waals surface area contributed by atoms with E-state index in [-0.39, 0.29) is 17.7 Å². The zero-order valence-corrected chi connectivity index (χ0v) is 19.3. The molecular formula is C27H25ClN2O3. The van der Waals surface area contributed by atoms with Crippen molar-refractivity contribution in [2.45, 2.75) is 24.8 Å². The third kappa shape index (κ3) is 4.05. The summed E-state index contributed by atoms with van der Waals surface area (Å²) in [4.78, 5) is 13.6. The molecule has 5 rings (SSSR count). The van der Waals surface area contributed by atoms with Crippen LogP contribution in [-0.2, 0) is 4.79 Å². The van der Waals surface area contributed by atoms with Gasteiger partial charge in [0.1, 0.15) is 0 Å². The summed E-state index contributed by atoms with van der Waals surface area (Å²) < 4.78 is 10.9. The number of methoxy groups -OCH3 is 2. The van der Waals surface area contributed by atoms with E-state index < -0.39 is 0 Å². The van der Waals surface area contributed by atoms with Crippen molar-refractivity contribution < 1.29 is 14.3 Å². The molecule has 0 bridgehead atoms. The van der Waals surface area contributed by atoms with Crippen molar-refractivity contribution in [2.24, 2.45) is 0 Å². The van der Waals surface area contributed by atoms with Crippen molar-refractivity contribution in [1.29, 1.82) is 0 Å². The predicted octanol–water partition coefficient (Wildman–Crippen LogP) is 6.34. The Morgan fingerprint density at radius 3 is 2.39 bits per heavy atom. The zero-order chi connectivity index (χ0) is 22.9. The highest BCUT2D eigenvalue weighted by atomic mass is 35.5. The molecule has 0 amide bonds. The minimum absolute atomic E-state index is 0.0360. The average Bonchev–Trinajstić information content (AvgIpc) is 3.00. The van der Waals surface area contributed by atoms with Crippen LogP contribution in [0, 0.1) is 0 Å². The van der Waals surface area contributed by atoms with Crippen LogP contribution in [0.1, 0.15) is 35.9 Å². The molecule has 0 fully saturated rings. The Labute approximate surface area is 198 Å². The minimum Gasteiger partial charge on any atom is -0.493 e. The van der Waals surface area contributed by atoms with Crippen LogP contribution in [-0.4, -0.2) is 20.0 Å². The molecule has 3 aromatic rings. The zero-order valence-electron chi connectivity index (χ0n) is 18.5. The molecular weight excluding hydrogens is 436 g/mol. The molecule has 6 heteroatoms. The van der Waals surface area contributed by atoms with Crippen LogP contribution in [0.5, 0.6) is 11.5 Å². The van der Waals surface area contributed by atoms with E-state index in [1.165, 1.54) is 0 Å². The van der Waals surface area contributed by atoms with Gasteiger partial charge in [0.2, 0.25) is 0 Å². The Bertz CT molecular complexity index is 1250. The van der Waals surface area contributed by atoms with Crippen LogP contribution >= 0.6 is 11.6 Å². The number of rotatable bonds is 4. The monoisotopic (exact) mass is 460 g/mol. The third-order valence-corrected chi connectivity index (χ3v) is 6.61. The van der Waals surface area contributed by atoms with Crippen LogP contribution in [0.2, 0.25) is 5.02 Å². The maximum Gasteiger partial charge on any atom is 0.163 e. The van der Waals surface area contributed by atoms with Crippen molar-refractivity contribution in [3.63, 3.8) is 0 Å². The first-order valence-electron chi connectivity index (χ1n) is 10.9. The molecule has 2 atom stereocenters. The molecule has 2 aliphatic rings. The lowest BCUT2D eigenvalue weighted by Gasteiger charge is -2.30. The number of hydrogen-bond acceptors (Lipinski definition) is 5. The molecule has 0 spiro atoms. The Balaban J connectivity index is 1.58. The summed E-state index contributed by atoms with van der Waals surface area (Å²) >= 11 is 6.31. The maximum absolute atomic E-state index is 13.6. The molecule has 2 N–H and O–H groups in total. The molecule has 1 heterocycles. The van der Waals surface area contributed by atoms with E-state index in [1.807, 2.05) is 66.7 Å². The van der Waals surface area contributed by atoms with Crippen molar-refractivity contribution in [1.82, 2.24) is 0 Å². The van der Waals surface area contributed by atoms with Gasteiger partial charge in [-0.2, -0.15) is 0 Å². The second-order valence-corrected chi connectivity index (χ2v) is 8.77. The summed E-state index contributed by atoms with van der Waals surface area (Å²) in [7, 11) is 3.24. The standard InChI is InChI=1S/C27H25ClN2O3/c1-32-24-11-10-16(15-25(24)33-2)18-13-22-26(23(31)14-18)27(17-6-5-7-19(28)12-17)30-21-9-4-3-8-20(21)29-22/h3-12,15,18,27,29-30H,13-14H2,1-2H3/t18-,27+/m1/s1. The summed E-state index contributed by atoms with van der Waals surface area (Å²) in [5, 5.41) is 7.80. The van der Waals surface area contributed by atoms with E-state index in [9.17, 15) is 4.79 Å². The molecule has 3 aromatic carbocycles. The largest absolute Gasteiger partial charge is 0.493 e. The molecule has 5 nitrogen and oxygen atoms in total. The molecule has 33 heavy (non-hydrogen) atoms. The second-order valence-electron chi connectivity index (χ2n) is 8.34. The molecule has 0 aromatic heterocycles. The van der Waals surface area contributed by atoms with E-state index >= 15 is 0 Å². The quantitative estimate of drug-likeness (QED) is 0.476. The number of Topliss-reactive ketones (excluding diaryl/α,β-unsaturated/α-hetero) is 1. The fourth-order valence-corrected chi connectivity index (χ4v) is 4.97. The first kappa shape index (κ1) is 21.4. The number of anilines is 2. The number of fused-ring (bicyclic) bond motifs is 1. The van der Waals surface area contributed by atoms with Gasteiger partial charge in [0.25, 0.3) is 0 Å². The van der Waals surface area contributed by atoms with Gasteiger partial charge in [0.05, 0.1) is 31.6 Å². The van der Waals surface area contributed by atoms with Crippen LogP contribution in [0.3, 0.4) is 0 Å². The number of halogens is 1. The topological polar surface area (TPSA) is 59.6 Å². The molecule has 0 radical (unpaired) electrons. The Morgan fingerprint density at radius 2 is 1.64 bits per heavy atom. The van der Waals surface area contributed by atoms with Crippen molar-refractivity contribution in [3.8, 4) is 11.5 Å². The Morgan fingerprint density at radius 1 is 0.848 bits per heavy atom. The summed E-state index contributed by atoms with van der Waals surface area (Å²) in [6.07, 6.45) is 1.13. The van der Waals surface area contributed by atoms with Gasteiger partial charge in [0.15, 0.2) is 17.3 Å². The van der Waals surface area contributed by atoms with Gasteiger partial charge in [-0.15, -0.1) is 0 Å². The van der Waals surface area contributed by atoms with Crippen LogP contribution in [0.4, 0.5) is 11.4 Å². The first-order chi connectivity index (χ1) is 16.1. The minimum atomic E-state index is -0.284. The van der Waals surface area contributed by atoms with E-state index in [1.54, 1.807) is 14.2 Å². The van der Waals surface area contributed by atoms with Crippen LogP contribution in [0.25, 0.3) is 0 Å². The highest BCUT2D eigenvalue weighted by Crippen LogP contribution is 2.45. The highest BCUT2D eigenvalue weighted by molar-refractivity contribution is 6.30. The van der Waals surface area contributed by atoms with Crippen molar-refractivity contribution in [2.75, 3.05) is 24.9 Å². The van der Waals surface area contributed by atoms with Crippen molar-refractivity contribution >= 4 is 28.8 Å². The number of hydrogen-bond donors (Lipinski definition) is 2. The van der Waals surface area contributed by atoms with Gasteiger partial charge in [-0.05, 0) is 59.9 Å². The normalized spacial score (nSPS) is 19.5. The number of carbonyl (C=O) groups excluding carboxylic acids is 1. The molecule has 1 aliphatic carbocycles. The summed E-state index contributed by atoms with van der Waals surface area (Å²) in [5.74, 6) is 1.50. The predicted molar refractivity (Wildman–Crippen MR) is 131 cm³/mol. The number of ether oxygens (including phenoxy) is 2. The summed E-state index contributed by atoms with van der Waals surface area (Å²) in [6.45, 7) is 0. The lowest BCUT2D eigenvalue weighted by Crippen LogP contribution is -2.26. The number of nitrogens with one attached hydrogen (secondary N) is 2. The number of ketones is 1. The number of carbonyl (C=O) groups is 1. The van der Waals surface area contributed by atoms with Gasteiger partial charge >= 0.3 is 0 Å². The van der Waals surface area contributed by atoms with Gasteiger partial charge in [-0.25, -0.2) is 0 Å². The summed E-state index contributed by atoms with van der Waals surface area (Å²) in [5.41, 5.74) is 5.63. The number of allylic oxidation sites excluding steroid dienone is 1. The van der Waals surface area contributed by atoms with Gasteiger partial charge in [0, 0.05) is 22.7 Å². The fraction of sp³-hybridized carbons (Fsp3) is 0.222. The van der Waals surface area contributed by atoms with Gasteiger partial charge < -0.3 is 20.1 Å². The molecule has 0 saturated heterocycles. The molecule has 0 saturated carbocycles. The Hall–Kier alpha value is -3.44. The fourth-order valence-electron chi connectivity index (χ4n) is 4.77. The SMILES string of the molecule is COc1ccc([C@H]2CC(=O)C3=C(C2)Nc2ccccc2N[C@H]3c2cccc(Cl)c2)cc1OC. The van der Waals surface area contributed by atoms with E-state index in [2.05, 4.69) is 10.6 Å². The van der Waals surface area contributed by atoms with E-state index in [0.717, 1.165) is 33.8 Å². The van der Waals surface area contributed by atoms with Crippen molar-refractivity contribution in [3.05, 3.63) is 94.1 Å². The van der Waals surface area contributed by atoms with Crippen LogP contribution in [0.15, 0.2) is 78.0 Å². The average molecular weight is 461 g/mol. The molecule has 1 aliphatic heterocycles. The van der Waals surface area contributed by atoms with Gasteiger partial charge in [-0.1, -0.05) is 41.9 Å². The third-order valence-electron chi connectivity index (χ3n) is 6.37. The lowest BCUT2D eigenvalue weighted by molar-refractivity contribution is -0.116. The van der Waals surface area contributed by atoms with Crippen LogP contribution < -0.4 is 20.1 Å². The maximum atomic E-state index is 13.6.